The minimum atomic E-state index is -2.03. The number of nitrogens with two attached hydrogens (primary N) is 6. The minimum Gasteiger partial charge on any atom is -0.394 e. The van der Waals surface area contributed by atoms with Gasteiger partial charge in [-0.3, -0.25) is 81.7 Å². The van der Waals surface area contributed by atoms with Crippen molar-refractivity contribution in [2.24, 2.45) is 45.3 Å². The molecule has 2 aliphatic heterocycles. The number of amides is 16. The summed E-state index contributed by atoms with van der Waals surface area (Å²) in [7, 11) is 0. The molecule has 1 aromatic rings. The van der Waals surface area contributed by atoms with Crippen LogP contribution in [-0.2, 0) is 83.1 Å². The lowest BCUT2D eigenvalue weighted by Gasteiger charge is -2.32. The number of aliphatic hydroxyl groups is 5. The molecule has 0 radical (unpaired) electrons. The van der Waals surface area contributed by atoms with Gasteiger partial charge in [-0.05, 0) is 90.5 Å². The third-order valence-electron chi connectivity index (χ3n) is 16.5. The van der Waals surface area contributed by atoms with Crippen LogP contribution in [0.5, 0.6) is 0 Å². The molecule has 2 fully saturated rings. The Hall–Kier alpha value is -10.2. The van der Waals surface area contributed by atoms with E-state index in [1.54, 1.807) is 30.3 Å². The Bertz CT molecular complexity index is 3230. The molecule has 580 valence electrons. The van der Waals surface area contributed by atoms with E-state index in [0.717, 1.165) is 30.6 Å². The van der Waals surface area contributed by atoms with Gasteiger partial charge in [0.25, 0.3) is 0 Å². The van der Waals surface area contributed by atoms with Crippen LogP contribution in [0.3, 0.4) is 0 Å². The van der Waals surface area contributed by atoms with Crippen LogP contribution in [0.4, 0.5) is 0 Å². The van der Waals surface area contributed by atoms with Gasteiger partial charge in [-0.2, -0.15) is 0 Å². The molecular formula is C63H102N20O21. The zero-order valence-corrected chi connectivity index (χ0v) is 58.8. The molecule has 28 N–H and O–H groups in total. The fourth-order valence-electron chi connectivity index (χ4n) is 11.1. The highest BCUT2D eigenvalue weighted by Gasteiger charge is 2.43. The first-order chi connectivity index (χ1) is 48.8. The van der Waals surface area contributed by atoms with Gasteiger partial charge >= 0.3 is 0 Å². The maximum absolute atomic E-state index is 14.8. The number of aliphatic hydroxyl groups excluding tert-OH is 5. The van der Waals surface area contributed by atoms with Gasteiger partial charge in [-0.1, -0.05) is 44.2 Å². The summed E-state index contributed by atoms with van der Waals surface area (Å²) in [5, 5.41) is 77.7. The molecule has 104 heavy (non-hydrogen) atoms. The predicted molar refractivity (Wildman–Crippen MR) is 366 cm³/mol. The first-order valence-corrected chi connectivity index (χ1v) is 33.7. The smallest absolute Gasteiger partial charge is 0.248 e. The van der Waals surface area contributed by atoms with E-state index in [2.05, 4.69) is 63.5 Å². The van der Waals surface area contributed by atoms with Crippen LogP contribution in [0.25, 0.3) is 0 Å². The van der Waals surface area contributed by atoms with Crippen molar-refractivity contribution < 1.29 is 102 Å². The number of carbonyl (C=O) groups is 16. The van der Waals surface area contributed by atoms with Crippen LogP contribution in [-0.4, -0.2) is 272 Å². The van der Waals surface area contributed by atoms with E-state index >= 15 is 0 Å². The Labute approximate surface area is 598 Å². The van der Waals surface area contributed by atoms with Crippen LogP contribution in [0, 0.1) is 5.92 Å². The van der Waals surface area contributed by atoms with Gasteiger partial charge in [0.05, 0.1) is 56.6 Å². The fourth-order valence-corrected chi connectivity index (χ4v) is 11.1. The minimum absolute atomic E-state index is 0.00742. The Morgan fingerprint density at radius 2 is 0.971 bits per heavy atom. The summed E-state index contributed by atoms with van der Waals surface area (Å²) in [5.74, 6) is -17.1. The molecule has 2 aliphatic rings. The fraction of sp³-hybridized carbons (Fsp3) is 0.635. The molecule has 0 bridgehead atoms. The lowest BCUT2D eigenvalue weighted by molar-refractivity contribution is -0.143. The highest BCUT2D eigenvalue weighted by atomic mass is 16.3. The van der Waals surface area contributed by atoms with E-state index < -0.39 is 218 Å². The number of benzene rings is 1. The molecule has 2 saturated heterocycles. The molecule has 2 heterocycles. The normalized spacial score (nSPS) is 18.1. The maximum atomic E-state index is 14.8. The standard InChI is InChI=1S/C63H102N20O21/c1-29(2)23-35(64)52(94)74-37(18-19-43(65)89)55(97)81-49(32(5)87)60(102)77-39(24-34-13-8-7-9-14-34)61(103)83-22-12-17-42(83)57(99)75-36(15-10-20-70-63(68)69)54(96)80-48(31(4)86)59(101)76-38(25-44(66)90)56(98)79-47(30(3)85)58(100)72-26-45(91)73-40(28-84)53(95)71-27-46(92)78-50(33(6)88)62(104)82-21-11-16-41(82)51(67)93/h7-9,13-14,29-33,35-42,47-50,84-88H,10-12,15-28,64H2,1-6H3,(H2,65,89)(H2,66,90)(H2,67,93)(H,71,95)(H,72,100)(H,73,91)(H,74,94)(H,75,99)(H,76,101)(H,77,102)(H,78,92)(H,79,98)(H,80,96)(H,81,97)(H4,68,69,70)/t30-,31-,32-,33-,35+,36+,37+,38+,39+,40+,41+,42+,47+,48+,49+,50+/m1/s1. The zero-order chi connectivity index (χ0) is 78.4. The number of primary amides is 3. The predicted octanol–water partition coefficient (Wildman–Crippen LogP) is -11.6. The molecule has 0 aromatic heterocycles. The second-order valence-corrected chi connectivity index (χ2v) is 25.8. The number of guanidine groups is 1. The largest absolute Gasteiger partial charge is 0.394 e. The van der Waals surface area contributed by atoms with Crippen molar-refractivity contribution in [3.63, 3.8) is 0 Å². The molecule has 16 atom stereocenters. The molecule has 0 spiro atoms. The number of aliphatic imine (C=N–C) groups is 1. The third kappa shape index (κ3) is 28.9. The average molecular weight is 1480 g/mol. The van der Waals surface area contributed by atoms with Gasteiger partial charge in [0.1, 0.15) is 66.5 Å². The molecule has 0 aliphatic carbocycles. The molecular weight excluding hydrogens is 1370 g/mol. The summed E-state index contributed by atoms with van der Waals surface area (Å²) in [5.41, 5.74) is 33.7. The van der Waals surface area contributed by atoms with Crippen LogP contribution in [0.2, 0.25) is 0 Å². The topological polar surface area (TPSA) is 682 Å². The van der Waals surface area contributed by atoms with Gasteiger partial charge in [-0.15, -0.1) is 0 Å². The van der Waals surface area contributed by atoms with Crippen molar-refractivity contribution in [1.82, 2.24) is 68.3 Å². The quantitative estimate of drug-likeness (QED) is 0.0164. The lowest BCUT2D eigenvalue weighted by Crippen LogP contribution is -2.63. The van der Waals surface area contributed by atoms with Crippen molar-refractivity contribution >= 4 is 100 Å². The molecule has 16 amide bonds. The van der Waals surface area contributed by atoms with E-state index in [1.807, 2.05) is 13.8 Å². The van der Waals surface area contributed by atoms with Crippen molar-refractivity contribution in [2.75, 3.05) is 39.3 Å². The summed E-state index contributed by atoms with van der Waals surface area (Å²) in [6.07, 6.45) is -7.87. The number of hydrogen-bond donors (Lipinski definition) is 22. The molecule has 1 aromatic carbocycles. The van der Waals surface area contributed by atoms with E-state index in [9.17, 15) is 102 Å². The van der Waals surface area contributed by atoms with Crippen molar-refractivity contribution in [3.8, 4) is 0 Å². The van der Waals surface area contributed by atoms with Crippen molar-refractivity contribution in [3.05, 3.63) is 35.9 Å². The number of carbonyl (C=O) groups excluding carboxylic acids is 16. The number of nitrogens with zero attached hydrogens (tertiary/aromatic N) is 3. The summed E-state index contributed by atoms with van der Waals surface area (Å²) in [6.45, 7) is 5.05. The second-order valence-electron chi connectivity index (χ2n) is 25.8. The van der Waals surface area contributed by atoms with Gasteiger partial charge in [0, 0.05) is 32.5 Å². The molecule has 3 rings (SSSR count). The van der Waals surface area contributed by atoms with Crippen LogP contribution in [0.1, 0.15) is 111 Å². The first kappa shape index (κ1) is 88.0. The average Bonchev–Trinajstić information content (AvgIpc) is 1.61. The number of rotatable bonds is 43. The van der Waals surface area contributed by atoms with Crippen molar-refractivity contribution in [2.45, 2.75) is 209 Å². The van der Waals surface area contributed by atoms with E-state index in [-0.39, 0.29) is 89.3 Å². The SMILES string of the molecule is CC(C)C[C@H](N)C(=O)N[C@@H](CCC(N)=O)C(=O)N[C@H](C(=O)N[C@@H](Cc1ccccc1)C(=O)N1CCC[C@H]1C(=O)N[C@@H](CCCN=C(N)N)C(=O)N[C@H](C(=O)N[C@@H](CC(N)=O)C(=O)N[C@H](C(=O)NCC(=O)N[C@@H](CO)C(=O)NCC(=O)N[C@H](C(=O)N1CCC[C@H]1C(N)=O)[C@@H](C)O)[C@@H](C)O)[C@@H](C)O)[C@@H](C)O. The van der Waals surface area contributed by atoms with E-state index in [0.29, 0.717) is 12.0 Å². The van der Waals surface area contributed by atoms with Crippen LogP contribution < -0.4 is 92.9 Å². The number of nitrogens with one attached hydrogen (secondary N) is 11. The Kier molecular flexibility index (Phi) is 36.4. The molecule has 41 heteroatoms. The van der Waals surface area contributed by atoms with E-state index in [1.165, 1.54) is 6.92 Å². The highest BCUT2D eigenvalue weighted by Crippen LogP contribution is 2.22. The van der Waals surface area contributed by atoms with Gasteiger partial charge in [0.15, 0.2) is 5.96 Å². The lowest BCUT2D eigenvalue weighted by atomic mass is 10.0. The van der Waals surface area contributed by atoms with Gasteiger partial charge in [0.2, 0.25) is 94.5 Å². The number of likely N-dealkylation sites (tertiary alicyclic amines) is 2. The Morgan fingerprint density at radius 3 is 1.46 bits per heavy atom. The summed E-state index contributed by atoms with van der Waals surface area (Å²) in [6, 6.07) is -10.9. The maximum Gasteiger partial charge on any atom is 0.248 e. The molecule has 0 unspecified atom stereocenters. The highest BCUT2D eigenvalue weighted by molar-refractivity contribution is 6.01. The van der Waals surface area contributed by atoms with Crippen LogP contribution in [0.15, 0.2) is 35.3 Å². The van der Waals surface area contributed by atoms with Crippen LogP contribution >= 0.6 is 0 Å². The zero-order valence-electron chi connectivity index (χ0n) is 58.8. The monoisotopic (exact) mass is 1470 g/mol. The molecule has 0 saturated carbocycles. The number of hydrogen-bond acceptors (Lipinski definition) is 23. The Morgan fingerprint density at radius 1 is 0.500 bits per heavy atom. The van der Waals surface area contributed by atoms with Gasteiger partial charge < -0.3 is 128 Å². The second kappa shape index (κ2) is 43.0. The van der Waals surface area contributed by atoms with E-state index in [4.69, 9.17) is 34.4 Å². The summed E-state index contributed by atoms with van der Waals surface area (Å²) >= 11 is 0. The first-order valence-electron chi connectivity index (χ1n) is 33.7. The van der Waals surface area contributed by atoms with Crippen molar-refractivity contribution in [1.29, 1.82) is 0 Å². The third-order valence-corrected chi connectivity index (χ3v) is 16.5. The van der Waals surface area contributed by atoms with Gasteiger partial charge in [-0.25, -0.2) is 0 Å². The summed E-state index contributed by atoms with van der Waals surface area (Å²) in [4.78, 5) is 220. The Balaban J connectivity index is 1.80. The summed E-state index contributed by atoms with van der Waals surface area (Å²) < 4.78 is 0. The molecule has 41 nitrogen and oxygen atoms in total.